The Bertz CT molecular complexity index is 374. The van der Waals surface area contributed by atoms with Gasteiger partial charge in [0.25, 0.3) is 0 Å². The molecule has 1 fully saturated rings. The quantitative estimate of drug-likeness (QED) is 0.193. The van der Waals surface area contributed by atoms with Crippen LogP contribution in [0.4, 0.5) is 0 Å². The van der Waals surface area contributed by atoms with E-state index in [9.17, 15) is 15.3 Å². The van der Waals surface area contributed by atoms with Crippen LogP contribution in [-0.2, 0) is 4.74 Å². The van der Waals surface area contributed by atoms with Crippen molar-refractivity contribution in [1.82, 2.24) is 4.31 Å². The van der Waals surface area contributed by atoms with E-state index in [1.807, 2.05) is 0 Å². The van der Waals surface area contributed by atoms with Crippen LogP contribution in [0.25, 0.3) is 0 Å². The predicted octanol–water partition coefficient (Wildman–Crippen LogP) is 3.46. The van der Waals surface area contributed by atoms with E-state index in [1.165, 1.54) is 76.2 Å². The highest BCUT2D eigenvalue weighted by Gasteiger charge is 2.46. The molecular weight excluding hydrogens is 390 g/mol. The van der Waals surface area contributed by atoms with Gasteiger partial charge >= 0.3 is 0 Å². The van der Waals surface area contributed by atoms with Crippen LogP contribution in [0.5, 0.6) is 0 Å². The molecule has 0 spiro atoms. The van der Waals surface area contributed by atoms with E-state index < -0.39 is 36.5 Å². The molecule has 0 amide bonds. The molecule has 1 heterocycles. The van der Waals surface area contributed by atoms with Crippen molar-refractivity contribution in [3.05, 3.63) is 0 Å². The summed E-state index contributed by atoms with van der Waals surface area (Å²) in [6.07, 6.45) is 10.4. The van der Waals surface area contributed by atoms with Gasteiger partial charge in [0.1, 0.15) is 29.9 Å². The van der Waals surface area contributed by atoms with E-state index in [0.29, 0.717) is 0 Å². The lowest BCUT2D eigenvalue weighted by Crippen LogP contribution is -2.40. The second-order valence-electron chi connectivity index (χ2n) is 8.27. The Hall–Kier alpha value is 0.110. The molecule has 4 N–H and O–H groups in total. The van der Waals surface area contributed by atoms with Crippen LogP contribution in [0.15, 0.2) is 0 Å². The van der Waals surface area contributed by atoms with Crippen molar-refractivity contribution >= 4 is 11.9 Å². The molecule has 1 saturated heterocycles. The smallest absolute Gasteiger partial charge is 0.146 e. The third-order valence-corrected chi connectivity index (χ3v) is 6.86. The Morgan fingerprint density at radius 3 is 1.76 bits per heavy atom. The molecule has 0 aromatic rings. The summed E-state index contributed by atoms with van der Waals surface area (Å²) in [4.78, 5) is 0. The highest BCUT2D eigenvalue weighted by atomic mass is 32.2. The Kier molecular flexibility index (Phi) is 15.7. The fraction of sp³-hybridized carbons (Fsp3) is 1.00. The van der Waals surface area contributed by atoms with Gasteiger partial charge in [-0.15, -0.1) is 0 Å². The maximum atomic E-state index is 10.3. The van der Waals surface area contributed by atoms with Gasteiger partial charge in [0.05, 0.1) is 6.61 Å². The van der Waals surface area contributed by atoms with E-state index in [2.05, 4.69) is 18.2 Å². The summed E-state index contributed by atoms with van der Waals surface area (Å²) >= 11 is 1.44. The second-order valence-corrected chi connectivity index (χ2v) is 9.46. The third-order valence-electron chi connectivity index (χ3n) is 5.60. The summed E-state index contributed by atoms with van der Waals surface area (Å²) in [5, 5.41) is 39.5. The number of hydrogen-bond acceptors (Lipinski definition) is 7. The molecule has 5 atom stereocenters. The summed E-state index contributed by atoms with van der Waals surface area (Å²) in [5.74, 6) is 0. The van der Waals surface area contributed by atoms with Crippen molar-refractivity contribution in [2.45, 2.75) is 121 Å². The molecule has 0 unspecified atom stereocenters. The molecule has 0 radical (unpaired) electrons. The van der Waals surface area contributed by atoms with Crippen LogP contribution in [0.3, 0.4) is 0 Å². The first-order chi connectivity index (χ1) is 14.0. The molecule has 0 aliphatic carbocycles. The van der Waals surface area contributed by atoms with Crippen molar-refractivity contribution in [2.75, 3.05) is 19.7 Å². The minimum atomic E-state index is -1.18. The third kappa shape index (κ3) is 10.8. The molecule has 1 aliphatic heterocycles. The predicted molar refractivity (Wildman–Crippen MR) is 120 cm³/mol. The van der Waals surface area contributed by atoms with Gasteiger partial charge in [-0.3, -0.25) is 0 Å². The van der Waals surface area contributed by atoms with Crippen molar-refractivity contribution in [1.29, 1.82) is 0 Å². The topological polar surface area (TPSA) is 93.4 Å². The van der Waals surface area contributed by atoms with E-state index in [0.717, 1.165) is 25.9 Å². The van der Waals surface area contributed by atoms with E-state index in [-0.39, 0.29) is 0 Å². The van der Waals surface area contributed by atoms with Crippen molar-refractivity contribution in [2.24, 2.45) is 0 Å². The molecule has 0 aromatic heterocycles. The summed E-state index contributed by atoms with van der Waals surface area (Å²) in [5.41, 5.74) is -0.614. The standard InChI is InChI=1S/C22H45NO5S/c1-3-5-7-9-11-13-15-23(16-14-12-10-8-6-4-2)29-22-20(27)19(26)21(28-22)18(25)17-24/h18-22,24-27H,3-17H2,1-2H3/t18-,19-,20-,21-,22+/m1/s1. The monoisotopic (exact) mass is 435 g/mol. The first-order valence-corrected chi connectivity index (χ1v) is 12.6. The molecule has 1 aliphatic rings. The molecule has 6 nitrogen and oxygen atoms in total. The fourth-order valence-electron chi connectivity index (χ4n) is 3.68. The number of ether oxygens (including phenoxy) is 1. The zero-order valence-corrected chi connectivity index (χ0v) is 19.4. The zero-order chi connectivity index (χ0) is 21.5. The molecule has 0 bridgehead atoms. The van der Waals surface area contributed by atoms with E-state index in [4.69, 9.17) is 9.84 Å². The largest absolute Gasteiger partial charge is 0.394 e. The Labute approximate surface area is 182 Å². The Morgan fingerprint density at radius 2 is 1.28 bits per heavy atom. The number of rotatable bonds is 18. The van der Waals surface area contributed by atoms with Gasteiger partial charge in [0.2, 0.25) is 0 Å². The molecule has 1 rings (SSSR count). The van der Waals surface area contributed by atoms with E-state index in [1.54, 1.807) is 0 Å². The molecule has 0 aromatic carbocycles. The maximum Gasteiger partial charge on any atom is 0.146 e. The number of aliphatic hydroxyl groups is 4. The summed E-state index contributed by atoms with van der Waals surface area (Å²) in [6, 6.07) is 0. The second kappa shape index (κ2) is 16.8. The molecule has 7 heteroatoms. The minimum Gasteiger partial charge on any atom is -0.394 e. The maximum absolute atomic E-state index is 10.3. The SMILES string of the molecule is CCCCCCCCN(CCCCCCCC)S[C@@H]1O[C@H]([C@H](O)CO)[C@H](O)[C@H]1O. The van der Waals surface area contributed by atoms with Crippen molar-refractivity contribution in [3.63, 3.8) is 0 Å². The first-order valence-electron chi connectivity index (χ1n) is 11.8. The molecule has 29 heavy (non-hydrogen) atoms. The van der Waals surface area contributed by atoms with Crippen LogP contribution in [0, 0.1) is 0 Å². The molecule has 0 saturated carbocycles. The van der Waals surface area contributed by atoms with Gasteiger partial charge in [-0.05, 0) is 24.8 Å². The highest BCUT2D eigenvalue weighted by Crippen LogP contribution is 2.33. The lowest BCUT2D eigenvalue weighted by molar-refractivity contribution is -0.0715. The van der Waals surface area contributed by atoms with Crippen molar-refractivity contribution in [3.8, 4) is 0 Å². The van der Waals surface area contributed by atoms with Crippen LogP contribution in [-0.4, -0.2) is 74.3 Å². The molecular formula is C22H45NO5S. The average Bonchev–Trinajstić information content (AvgIpc) is 3.00. The van der Waals surface area contributed by atoms with Gasteiger partial charge in [-0.2, -0.15) is 0 Å². The summed E-state index contributed by atoms with van der Waals surface area (Å²) in [7, 11) is 0. The van der Waals surface area contributed by atoms with Crippen LogP contribution in [0.1, 0.15) is 90.9 Å². The van der Waals surface area contributed by atoms with Gasteiger partial charge in [-0.25, -0.2) is 4.31 Å². The van der Waals surface area contributed by atoms with Gasteiger partial charge in [0, 0.05) is 13.1 Å². The van der Waals surface area contributed by atoms with Gasteiger partial charge in [-0.1, -0.05) is 78.1 Å². The lowest BCUT2D eigenvalue weighted by atomic mass is 10.1. The number of hydrogen-bond donors (Lipinski definition) is 4. The fourth-order valence-corrected chi connectivity index (χ4v) is 4.91. The van der Waals surface area contributed by atoms with Gasteiger partial charge < -0.3 is 25.2 Å². The van der Waals surface area contributed by atoms with Crippen LogP contribution < -0.4 is 0 Å². The lowest BCUT2D eigenvalue weighted by Gasteiger charge is -2.26. The highest BCUT2D eigenvalue weighted by molar-refractivity contribution is 7.97. The van der Waals surface area contributed by atoms with Crippen LogP contribution >= 0.6 is 11.9 Å². The normalized spacial score (nSPS) is 25.8. The average molecular weight is 436 g/mol. The van der Waals surface area contributed by atoms with Crippen molar-refractivity contribution < 1.29 is 25.2 Å². The molecule has 174 valence electrons. The number of aliphatic hydroxyl groups excluding tert-OH is 4. The number of nitrogens with zero attached hydrogens (tertiary/aromatic N) is 1. The number of unbranched alkanes of at least 4 members (excludes halogenated alkanes) is 10. The Morgan fingerprint density at radius 1 is 0.793 bits per heavy atom. The Balaban J connectivity index is 2.46. The summed E-state index contributed by atoms with van der Waals surface area (Å²) in [6.45, 7) is 5.82. The van der Waals surface area contributed by atoms with Gasteiger partial charge in [0.15, 0.2) is 0 Å². The zero-order valence-electron chi connectivity index (χ0n) is 18.5. The van der Waals surface area contributed by atoms with Crippen LogP contribution in [0.2, 0.25) is 0 Å². The first kappa shape index (κ1) is 27.1. The van der Waals surface area contributed by atoms with E-state index >= 15 is 0 Å². The minimum absolute atomic E-state index is 0.495. The summed E-state index contributed by atoms with van der Waals surface area (Å²) < 4.78 is 7.96.